The Bertz CT molecular complexity index is 3140. The molecular formula is C60H66BN5O4S3. The number of hydrogen-bond acceptors (Lipinski definition) is 11. The van der Waals surface area contributed by atoms with Gasteiger partial charge in [-0.25, -0.2) is 8.42 Å². The summed E-state index contributed by atoms with van der Waals surface area (Å²) in [6, 6.07) is 54.1. The van der Waals surface area contributed by atoms with Crippen LogP contribution in [-0.2, 0) is 22.7 Å². The summed E-state index contributed by atoms with van der Waals surface area (Å²) in [5.74, 6) is 0.167. The van der Waals surface area contributed by atoms with Crippen LogP contribution in [0, 0.1) is 6.92 Å². The standard InChI is InChI=1S/C26H28N2S.C23H21NO2S2.C11H17BN2O2/c1-19(20-7-10-24(11-8-20)28-15-13-27(2)14-16-28)21-9-12-26-23(17-21)18-22-5-3-4-6-25(22)29-26;1-16-7-10-21(11-8-16)28(25,26)15-24-17(2)18-9-12-23-20(13-18)14-19-5-3-4-6-22(19)27-23;1-13-6-8-14(9-7-13)11-4-2-10(3-5-11)12(15)16/h3-12,17,19H,13-16,18H2,1-2H3;3-13H,14-15H2,1-2H3;2-5,15-16H,6-9H2,1H3. The summed E-state index contributed by atoms with van der Waals surface area (Å²) in [5.41, 5.74) is 14.1. The van der Waals surface area contributed by atoms with Crippen molar-refractivity contribution in [2.24, 2.45) is 4.99 Å². The lowest BCUT2D eigenvalue weighted by Crippen LogP contribution is -2.44. The van der Waals surface area contributed by atoms with Gasteiger partial charge in [0, 0.05) is 94.9 Å². The van der Waals surface area contributed by atoms with E-state index in [9.17, 15) is 8.42 Å². The van der Waals surface area contributed by atoms with Crippen LogP contribution in [0.4, 0.5) is 11.4 Å². The summed E-state index contributed by atoms with van der Waals surface area (Å²) in [6.45, 7) is 14.9. The highest BCUT2D eigenvalue weighted by Gasteiger charge is 2.21. The molecule has 4 aliphatic heterocycles. The molecule has 9 nitrogen and oxygen atoms in total. The van der Waals surface area contributed by atoms with Crippen molar-refractivity contribution in [3.05, 3.63) is 202 Å². The van der Waals surface area contributed by atoms with Crippen molar-refractivity contribution in [2.45, 2.75) is 64.0 Å². The zero-order valence-electron chi connectivity index (χ0n) is 42.6. The molecule has 73 heavy (non-hydrogen) atoms. The lowest BCUT2D eigenvalue weighted by molar-refractivity contribution is 0.313. The van der Waals surface area contributed by atoms with Crippen LogP contribution in [0.2, 0.25) is 0 Å². The van der Waals surface area contributed by atoms with Crippen LogP contribution in [0.3, 0.4) is 0 Å². The van der Waals surface area contributed by atoms with E-state index in [4.69, 9.17) is 10.0 Å². The van der Waals surface area contributed by atoms with E-state index in [-0.39, 0.29) is 5.88 Å². The summed E-state index contributed by atoms with van der Waals surface area (Å²) < 4.78 is 25.1. The number of benzene rings is 7. The van der Waals surface area contributed by atoms with Gasteiger partial charge in [0.15, 0.2) is 9.84 Å². The maximum atomic E-state index is 12.5. The molecular weight excluding hydrogens is 962 g/mol. The Hall–Kier alpha value is -5.64. The van der Waals surface area contributed by atoms with E-state index >= 15 is 0 Å². The number of fused-ring (bicyclic) bond motifs is 4. The van der Waals surface area contributed by atoms with Crippen LogP contribution in [0.1, 0.15) is 64.3 Å². The van der Waals surface area contributed by atoms with Gasteiger partial charge in [-0.1, -0.05) is 127 Å². The number of piperazine rings is 2. The van der Waals surface area contributed by atoms with Crippen molar-refractivity contribution in [2.75, 3.05) is 82.1 Å². The van der Waals surface area contributed by atoms with Gasteiger partial charge in [-0.3, -0.25) is 4.99 Å². The molecule has 376 valence electrons. The van der Waals surface area contributed by atoms with Crippen LogP contribution in [-0.4, -0.2) is 113 Å². The molecule has 2 fully saturated rings. The first kappa shape index (κ1) is 52.2. The second-order valence-corrected chi connectivity index (χ2v) is 23.7. The third kappa shape index (κ3) is 13.2. The third-order valence-corrected chi connectivity index (χ3v) is 18.3. The molecule has 1 unspecified atom stereocenters. The number of sulfone groups is 1. The largest absolute Gasteiger partial charge is 0.488 e. The SMILES string of the molecule is CC(=NCS(=O)(=O)c1ccc(C)cc1)c1ccc2c(c1)Cc1ccccc1S2.CC(c1ccc(N2CCN(C)CC2)cc1)c1ccc2c(c1)Cc1ccccc1S2.CN1CCN(c2ccc(B(O)O)cc2)CC1. The summed E-state index contributed by atoms with van der Waals surface area (Å²) in [4.78, 5) is 19.6. The summed E-state index contributed by atoms with van der Waals surface area (Å²) >= 11 is 3.69. The topological polar surface area (TPSA) is 99.9 Å². The molecule has 0 bridgehead atoms. The van der Waals surface area contributed by atoms with Crippen LogP contribution in [0.15, 0.2) is 187 Å². The summed E-state index contributed by atoms with van der Waals surface area (Å²) in [6.07, 6.45) is 1.93. The number of likely N-dealkylation sites (N-methyl/N-ethyl adjacent to an activating group) is 2. The number of aliphatic imine (C=N–C) groups is 1. The first-order valence-electron chi connectivity index (χ1n) is 25.3. The molecule has 0 aliphatic carbocycles. The van der Waals surface area contributed by atoms with Gasteiger partial charge in [0.1, 0.15) is 5.88 Å². The first-order valence-corrected chi connectivity index (χ1v) is 28.6. The van der Waals surface area contributed by atoms with Gasteiger partial charge in [-0.05, 0) is 152 Å². The molecule has 2 saturated heterocycles. The van der Waals surface area contributed by atoms with E-state index in [1.54, 1.807) is 36.0 Å². The highest BCUT2D eigenvalue weighted by molar-refractivity contribution is 7.99. The van der Waals surface area contributed by atoms with Crippen molar-refractivity contribution in [1.29, 1.82) is 0 Å². The van der Waals surface area contributed by atoms with Crippen molar-refractivity contribution in [3.8, 4) is 0 Å². The van der Waals surface area contributed by atoms with Crippen LogP contribution in [0.25, 0.3) is 0 Å². The van der Waals surface area contributed by atoms with Gasteiger partial charge >= 0.3 is 7.12 Å². The molecule has 11 rings (SSSR count). The minimum atomic E-state index is -3.43. The third-order valence-electron chi connectivity index (χ3n) is 14.4. The van der Waals surface area contributed by atoms with Crippen molar-refractivity contribution >= 4 is 63.0 Å². The second-order valence-electron chi connectivity index (χ2n) is 19.6. The Kier molecular flexibility index (Phi) is 17.0. The molecule has 0 amide bonds. The average Bonchev–Trinajstić information content (AvgIpc) is 3.41. The van der Waals surface area contributed by atoms with Crippen LogP contribution < -0.4 is 15.3 Å². The molecule has 0 radical (unpaired) electrons. The highest BCUT2D eigenvalue weighted by Crippen LogP contribution is 2.42. The Balaban J connectivity index is 0.000000141. The Morgan fingerprint density at radius 1 is 0.575 bits per heavy atom. The van der Waals surface area contributed by atoms with Gasteiger partial charge in [-0.2, -0.15) is 0 Å². The van der Waals surface area contributed by atoms with Gasteiger partial charge in [0.25, 0.3) is 0 Å². The predicted molar refractivity (Wildman–Crippen MR) is 305 cm³/mol. The fraction of sp³-hybridized carbons (Fsp3) is 0.283. The van der Waals surface area contributed by atoms with E-state index in [0.29, 0.717) is 16.3 Å². The second kappa shape index (κ2) is 23.7. The first-order chi connectivity index (χ1) is 35.3. The number of nitrogens with zero attached hydrogens (tertiary/aromatic N) is 5. The fourth-order valence-corrected chi connectivity index (χ4v) is 12.7. The number of rotatable bonds is 9. The molecule has 7 aromatic rings. The Morgan fingerprint density at radius 2 is 1.04 bits per heavy atom. The minimum Gasteiger partial charge on any atom is -0.423 e. The fourth-order valence-electron chi connectivity index (χ4n) is 9.54. The Labute approximate surface area is 442 Å². The maximum absolute atomic E-state index is 12.5. The van der Waals surface area contributed by atoms with Gasteiger partial charge in [0.2, 0.25) is 0 Å². The molecule has 0 aromatic heterocycles. The molecule has 0 saturated carbocycles. The summed E-state index contributed by atoms with van der Waals surface area (Å²) in [7, 11) is -0.469. The van der Waals surface area contributed by atoms with Gasteiger partial charge < -0.3 is 29.6 Å². The molecule has 1 atom stereocenters. The van der Waals surface area contributed by atoms with Crippen molar-refractivity contribution < 1.29 is 18.5 Å². The van der Waals surface area contributed by atoms with Gasteiger partial charge in [-0.15, -0.1) is 0 Å². The smallest absolute Gasteiger partial charge is 0.423 e. The van der Waals surface area contributed by atoms with Crippen molar-refractivity contribution in [3.63, 3.8) is 0 Å². The summed E-state index contributed by atoms with van der Waals surface area (Å²) in [5, 5.41) is 18.0. The molecule has 4 aliphatic rings. The lowest BCUT2D eigenvalue weighted by Gasteiger charge is -2.34. The average molecular weight is 1030 g/mol. The molecule has 4 heterocycles. The van der Waals surface area contributed by atoms with Crippen LogP contribution in [0.5, 0.6) is 0 Å². The lowest BCUT2D eigenvalue weighted by atomic mass is 9.80. The number of anilines is 2. The Morgan fingerprint density at radius 3 is 1.58 bits per heavy atom. The zero-order valence-corrected chi connectivity index (χ0v) is 45.1. The zero-order chi connectivity index (χ0) is 51.1. The van der Waals surface area contributed by atoms with Crippen molar-refractivity contribution in [1.82, 2.24) is 9.80 Å². The van der Waals surface area contributed by atoms with Crippen LogP contribution >= 0.6 is 23.5 Å². The van der Waals surface area contributed by atoms with Gasteiger partial charge in [0.05, 0.1) is 4.90 Å². The molecule has 7 aromatic carbocycles. The van der Waals surface area contributed by atoms with E-state index in [1.807, 2.05) is 55.9 Å². The molecule has 2 N–H and O–H groups in total. The minimum absolute atomic E-state index is 0.240. The quantitative estimate of drug-likeness (QED) is 0.107. The molecule has 13 heteroatoms. The van der Waals surface area contributed by atoms with E-state index in [2.05, 4.69) is 149 Å². The van der Waals surface area contributed by atoms with E-state index < -0.39 is 17.0 Å². The van der Waals surface area contributed by atoms with E-state index in [0.717, 1.165) is 87.7 Å². The number of aryl methyl sites for hydroxylation is 1. The maximum Gasteiger partial charge on any atom is 0.488 e. The monoisotopic (exact) mass is 1030 g/mol. The van der Waals surface area contributed by atoms with E-state index in [1.165, 1.54) is 58.7 Å². The molecule has 0 spiro atoms. The predicted octanol–water partition coefficient (Wildman–Crippen LogP) is 10.1. The normalized spacial score (nSPS) is 16.1. The highest BCUT2D eigenvalue weighted by atomic mass is 32.2. The number of hydrogen-bond donors (Lipinski definition) is 2.